The van der Waals surface area contributed by atoms with Gasteiger partial charge in [-0.25, -0.2) is 0 Å². The zero-order valence-electron chi connectivity index (χ0n) is 15.5. The second-order valence-electron chi connectivity index (χ2n) is 11.4. The summed E-state index contributed by atoms with van der Waals surface area (Å²) in [6.45, 7) is 4.50. The quantitative estimate of drug-likeness (QED) is 0.628. The van der Waals surface area contributed by atoms with Gasteiger partial charge in [-0.3, -0.25) is 9.59 Å². The van der Waals surface area contributed by atoms with Gasteiger partial charge in [0, 0.05) is 23.7 Å². The topological polar surface area (TPSA) is 52.6 Å². The summed E-state index contributed by atoms with van der Waals surface area (Å²) in [5.74, 6) is 3.52. The van der Waals surface area contributed by atoms with Gasteiger partial charge in [0.05, 0.1) is 10.8 Å². The molecule has 8 aliphatic rings. The Morgan fingerprint density at radius 3 is 1.62 bits per heavy atom. The van der Waals surface area contributed by atoms with Gasteiger partial charge in [0.2, 0.25) is 0 Å². The van der Waals surface area contributed by atoms with Crippen LogP contribution in [0.2, 0.25) is 0 Å². The van der Waals surface area contributed by atoms with Gasteiger partial charge in [-0.15, -0.1) is 0 Å². The molecule has 0 aromatic rings. The summed E-state index contributed by atoms with van der Waals surface area (Å²) < 4.78 is 12.8. The zero-order valence-corrected chi connectivity index (χ0v) is 15.5. The molecule has 2 spiro atoms. The Hall–Kier alpha value is -1.06. The Bertz CT molecular complexity index is 768. The first kappa shape index (κ1) is 14.0. The molecule has 0 N–H and O–H groups in total. The maximum absolute atomic E-state index is 13.4. The first-order chi connectivity index (χ1) is 12.4. The van der Waals surface area contributed by atoms with Gasteiger partial charge in [0.25, 0.3) is 0 Å². The van der Waals surface area contributed by atoms with Crippen LogP contribution in [0.4, 0.5) is 0 Å². The minimum absolute atomic E-state index is 0.0994. The maximum Gasteiger partial charge on any atom is 0.313 e. The van der Waals surface area contributed by atoms with Crippen molar-refractivity contribution in [3.05, 3.63) is 0 Å². The van der Waals surface area contributed by atoms with Crippen molar-refractivity contribution >= 4 is 11.9 Å². The molecule has 0 bridgehead atoms. The number of carbonyl (C=O) groups is 2. The Balaban J connectivity index is 1.49. The van der Waals surface area contributed by atoms with Crippen molar-refractivity contribution in [1.82, 2.24) is 0 Å². The van der Waals surface area contributed by atoms with E-state index in [1.807, 2.05) is 0 Å². The number of carbonyl (C=O) groups excluding carboxylic acids is 2. The minimum atomic E-state index is -0.327. The van der Waals surface area contributed by atoms with E-state index in [-0.39, 0.29) is 34.0 Å². The van der Waals surface area contributed by atoms with E-state index >= 15 is 0 Å². The van der Waals surface area contributed by atoms with Gasteiger partial charge in [0.1, 0.15) is 11.2 Å². The van der Waals surface area contributed by atoms with Gasteiger partial charge in [-0.2, -0.15) is 0 Å². The molecular formula is C22H26O4. The van der Waals surface area contributed by atoms with Crippen LogP contribution in [-0.2, 0) is 19.1 Å². The largest absolute Gasteiger partial charge is 0.458 e. The zero-order chi connectivity index (χ0) is 17.4. The summed E-state index contributed by atoms with van der Waals surface area (Å²) in [6.07, 6.45) is 6.61. The van der Waals surface area contributed by atoms with Crippen LogP contribution in [0.3, 0.4) is 0 Å². The highest BCUT2D eigenvalue weighted by Crippen LogP contribution is 2.90. The molecule has 2 heterocycles. The fourth-order valence-corrected chi connectivity index (χ4v) is 11.7. The molecule has 0 aromatic heterocycles. The second-order valence-corrected chi connectivity index (χ2v) is 11.4. The van der Waals surface area contributed by atoms with Crippen LogP contribution in [0, 0.1) is 58.2 Å². The summed E-state index contributed by atoms with van der Waals surface area (Å²) in [6, 6.07) is 0. The lowest BCUT2D eigenvalue weighted by Gasteiger charge is -2.38. The predicted molar refractivity (Wildman–Crippen MR) is 89.5 cm³/mol. The highest BCUT2D eigenvalue weighted by atomic mass is 16.6. The van der Waals surface area contributed by atoms with Crippen LogP contribution in [0.1, 0.15) is 52.4 Å². The van der Waals surface area contributed by atoms with Gasteiger partial charge in [-0.05, 0) is 76.0 Å². The maximum atomic E-state index is 13.4. The molecule has 2 aliphatic heterocycles. The van der Waals surface area contributed by atoms with E-state index in [2.05, 4.69) is 13.8 Å². The molecule has 0 radical (unpaired) electrons. The molecule has 2 saturated heterocycles. The van der Waals surface area contributed by atoms with E-state index in [1.165, 1.54) is 0 Å². The minimum Gasteiger partial charge on any atom is -0.458 e. The lowest BCUT2D eigenvalue weighted by Crippen LogP contribution is -2.45. The van der Waals surface area contributed by atoms with E-state index in [4.69, 9.17) is 9.47 Å². The first-order valence-electron chi connectivity index (χ1n) is 10.9. The Morgan fingerprint density at radius 1 is 0.769 bits per heavy atom. The average molecular weight is 354 g/mol. The van der Waals surface area contributed by atoms with Crippen molar-refractivity contribution in [2.24, 2.45) is 58.2 Å². The molecule has 0 aromatic carbocycles. The van der Waals surface area contributed by atoms with Crippen molar-refractivity contribution in [2.75, 3.05) is 0 Å². The Kier molecular flexibility index (Phi) is 1.83. The molecule has 4 heteroatoms. The molecule has 8 rings (SSSR count). The van der Waals surface area contributed by atoms with Gasteiger partial charge >= 0.3 is 11.9 Å². The summed E-state index contributed by atoms with van der Waals surface area (Å²) in [5.41, 5.74) is -1.15. The molecule has 0 amide bonds. The van der Waals surface area contributed by atoms with Crippen molar-refractivity contribution in [3.8, 4) is 0 Å². The monoisotopic (exact) mass is 354 g/mol. The highest BCUT2D eigenvalue weighted by Gasteiger charge is 2.95. The molecule has 4 nitrogen and oxygen atoms in total. The number of hydrogen-bond donors (Lipinski definition) is 0. The lowest BCUT2D eigenvalue weighted by atomic mass is 9.63. The van der Waals surface area contributed by atoms with Crippen LogP contribution >= 0.6 is 0 Å². The van der Waals surface area contributed by atoms with Gasteiger partial charge in [0.15, 0.2) is 0 Å². The number of fused-ring (bicyclic) bond motifs is 4. The predicted octanol–water partition coefficient (Wildman–Crippen LogP) is 2.94. The molecule has 8 fully saturated rings. The van der Waals surface area contributed by atoms with Crippen molar-refractivity contribution in [3.63, 3.8) is 0 Å². The van der Waals surface area contributed by atoms with Crippen LogP contribution in [-0.4, -0.2) is 23.1 Å². The molecular weight excluding hydrogens is 328 g/mol. The van der Waals surface area contributed by atoms with E-state index in [0.717, 1.165) is 38.5 Å². The van der Waals surface area contributed by atoms with Crippen LogP contribution in [0.5, 0.6) is 0 Å². The molecule has 6 saturated carbocycles. The second kappa shape index (κ2) is 3.39. The SMILES string of the molecule is CC12C(=O)OC34CCCC3C3C(C5C1C1CCCC16OC(=O)C3(C)C56)C42. The third-order valence-corrected chi connectivity index (χ3v) is 11.5. The standard InChI is InChI=1S/C22H26O4/c1-19-13-9-5-3-8-22(9)16-11(13)12-14(20(16,2)18(24)26-22)10-6-4-7-21(10,15(12)19)25-17(19)23/h9-16H,3-8H2,1-2H3. The van der Waals surface area contributed by atoms with E-state index in [9.17, 15) is 9.59 Å². The van der Waals surface area contributed by atoms with Crippen LogP contribution < -0.4 is 0 Å². The van der Waals surface area contributed by atoms with Crippen molar-refractivity contribution in [2.45, 2.75) is 63.6 Å². The normalized spacial score (nSPS) is 72.7. The molecule has 12 unspecified atom stereocenters. The third-order valence-electron chi connectivity index (χ3n) is 11.5. The summed E-state index contributed by atoms with van der Waals surface area (Å²) >= 11 is 0. The number of esters is 2. The van der Waals surface area contributed by atoms with Crippen molar-refractivity contribution in [1.29, 1.82) is 0 Å². The van der Waals surface area contributed by atoms with Gasteiger partial charge in [-0.1, -0.05) is 0 Å². The smallest absolute Gasteiger partial charge is 0.313 e. The van der Waals surface area contributed by atoms with Crippen LogP contribution in [0.25, 0.3) is 0 Å². The number of rotatable bonds is 0. The summed E-state index contributed by atoms with van der Waals surface area (Å²) in [4.78, 5) is 26.8. The summed E-state index contributed by atoms with van der Waals surface area (Å²) in [7, 11) is 0. The molecule has 6 aliphatic carbocycles. The number of ether oxygens (including phenoxy) is 2. The van der Waals surface area contributed by atoms with Crippen molar-refractivity contribution < 1.29 is 19.1 Å². The Labute approximate surface area is 153 Å². The summed E-state index contributed by atoms with van der Waals surface area (Å²) in [5, 5.41) is 0. The highest BCUT2D eigenvalue weighted by molar-refractivity contribution is 5.86. The molecule has 26 heavy (non-hydrogen) atoms. The fraction of sp³-hybridized carbons (Fsp3) is 0.909. The average Bonchev–Trinajstić information content (AvgIpc) is 3.35. The van der Waals surface area contributed by atoms with E-state index in [1.54, 1.807) is 0 Å². The fourth-order valence-electron chi connectivity index (χ4n) is 11.7. The molecule has 138 valence electrons. The Morgan fingerprint density at radius 2 is 1.19 bits per heavy atom. The van der Waals surface area contributed by atoms with E-state index < -0.39 is 0 Å². The molecule has 12 atom stereocenters. The first-order valence-corrected chi connectivity index (χ1v) is 10.9. The lowest BCUT2D eigenvalue weighted by molar-refractivity contribution is -0.165. The third kappa shape index (κ3) is 0.897. The van der Waals surface area contributed by atoms with E-state index in [0.29, 0.717) is 47.3 Å². The number of hydrogen-bond acceptors (Lipinski definition) is 4. The van der Waals surface area contributed by atoms with Gasteiger partial charge < -0.3 is 9.47 Å². The van der Waals surface area contributed by atoms with Crippen LogP contribution in [0.15, 0.2) is 0 Å².